The van der Waals surface area contributed by atoms with E-state index in [9.17, 15) is 4.79 Å². The zero-order valence-electron chi connectivity index (χ0n) is 13.9. The second-order valence-electron chi connectivity index (χ2n) is 7.08. The summed E-state index contributed by atoms with van der Waals surface area (Å²) in [5.41, 5.74) is 5.34. The van der Waals surface area contributed by atoms with Gasteiger partial charge in [-0.05, 0) is 25.7 Å². The van der Waals surface area contributed by atoms with Crippen LogP contribution in [-0.2, 0) is 14.3 Å². The molecule has 5 nitrogen and oxygen atoms in total. The van der Waals surface area contributed by atoms with Crippen molar-refractivity contribution in [2.75, 3.05) is 33.4 Å². The van der Waals surface area contributed by atoms with Gasteiger partial charge in [-0.3, -0.25) is 4.79 Å². The molecule has 1 amide bonds. The number of ether oxygens (including phenoxy) is 2. The summed E-state index contributed by atoms with van der Waals surface area (Å²) in [6.07, 6.45) is 2.75. The number of nitrogens with two attached hydrogens (primary N) is 1. The fourth-order valence-electron chi connectivity index (χ4n) is 3.54. The van der Waals surface area contributed by atoms with E-state index in [4.69, 9.17) is 15.2 Å². The first-order chi connectivity index (χ1) is 9.83. The highest BCUT2D eigenvalue weighted by Crippen LogP contribution is 2.50. The Bertz CT molecular complexity index is 380. The molecule has 2 rings (SSSR count). The molecule has 0 radical (unpaired) electrons. The first kappa shape index (κ1) is 16.7. The Hall–Kier alpha value is -0.650. The van der Waals surface area contributed by atoms with Crippen molar-refractivity contribution in [3.8, 4) is 0 Å². The van der Waals surface area contributed by atoms with E-state index in [-0.39, 0.29) is 17.4 Å². The van der Waals surface area contributed by atoms with Crippen molar-refractivity contribution in [2.45, 2.75) is 51.7 Å². The van der Waals surface area contributed by atoms with Crippen LogP contribution < -0.4 is 5.73 Å². The molecule has 122 valence electrons. The number of carbonyl (C=O) groups excluding carboxylic acids is 1. The minimum absolute atomic E-state index is 0.0509. The van der Waals surface area contributed by atoms with Gasteiger partial charge in [-0.1, -0.05) is 13.8 Å². The van der Waals surface area contributed by atoms with E-state index < -0.39 is 5.54 Å². The van der Waals surface area contributed by atoms with E-state index in [0.717, 1.165) is 32.6 Å². The molecule has 2 unspecified atom stereocenters. The van der Waals surface area contributed by atoms with Crippen LogP contribution in [-0.4, -0.2) is 55.9 Å². The second-order valence-corrected chi connectivity index (χ2v) is 7.08. The largest absolute Gasteiger partial charge is 0.381 e. The SMILES string of the molecule is CCOC1CC(N)(C(=O)N(C)CC2CCOCC2)C1(C)C. The highest BCUT2D eigenvalue weighted by Gasteiger charge is 2.63. The van der Waals surface area contributed by atoms with Gasteiger partial charge in [-0.15, -0.1) is 0 Å². The smallest absolute Gasteiger partial charge is 0.243 e. The van der Waals surface area contributed by atoms with Gasteiger partial charge in [0.2, 0.25) is 5.91 Å². The molecule has 0 aromatic carbocycles. The molecule has 1 aliphatic carbocycles. The Kier molecular flexibility index (Phi) is 4.96. The zero-order valence-corrected chi connectivity index (χ0v) is 13.9. The van der Waals surface area contributed by atoms with Gasteiger partial charge in [-0.2, -0.15) is 0 Å². The van der Waals surface area contributed by atoms with Gasteiger partial charge in [-0.25, -0.2) is 0 Å². The van der Waals surface area contributed by atoms with E-state index in [0.29, 0.717) is 18.9 Å². The van der Waals surface area contributed by atoms with Crippen LogP contribution in [0.25, 0.3) is 0 Å². The maximum absolute atomic E-state index is 12.8. The molecule has 2 N–H and O–H groups in total. The fourth-order valence-corrected chi connectivity index (χ4v) is 3.54. The van der Waals surface area contributed by atoms with Gasteiger partial charge in [0, 0.05) is 45.2 Å². The predicted molar refractivity (Wildman–Crippen MR) is 81.9 cm³/mol. The quantitative estimate of drug-likeness (QED) is 0.833. The minimum atomic E-state index is -0.799. The van der Waals surface area contributed by atoms with Crippen LogP contribution in [0.2, 0.25) is 0 Å². The third-order valence-electron chi connectivity index (χ3n) is 5.43. The summed E-state index contributed by atoms with van der Waals surface area (Å²) in [6, 6.07) is 0. The molecule has 21 heavy (non-hydrogen) atoms. The Morgan fingerprint density at radius 3 is 2.52 bits per heavy atom. The van der Waals surface area contributed by atoms with Crippen LogP contribution in [0.15, 0.2) is 0 Å². The lowest BCUT2D eigenvalue weighted by atomic mass is 9.54. The van der Waals surface area contributed by atoms with E-state index in [1.165, 1.54) is 0 Å². The lowest BCUT2D eigenvalue weighted by molar-refractivity contribution is -0.178. The highest BCUT2D eigenvalue weighted by atomic mass is 16.5. The first-order valence-electron chi connectivity index (χ1n) is 8.06. The number of nitrogens with zero attached hydrogens (tertiary/aromatic N) is 1. The Balaban J connectivity index is 1.95. The van der Waals surface area contributed by atoms with Crippen molar-refractivity contribution >= 4 is 5.91 Å². The summed E-state index contributed by atoms with van der Waals surface area (Å²) >= 11 is 0. The summed E-state index contributed by atoms with van der Waals surface area (Å²) in [5.74, 6) is 0.581. The third kappa shape index (κ3) is 2.96. The molecular weight excluding hydrogens is 268 g/mol. The first-order valence-corrected chi connectivity index (χ1v) is 8.06. The standard InChI is InChI=1S/C16H30N2O3/c1-5-21-13-10-16(17,15(13,2)3)14(19)18(4)11-12-6-8-20-9-7-12/h12-13H,5-11,17H2,1-4H3. The average molecular weight is 298 g/mol. The molecule has 0 aromatic rings. The van der Waals surface area contributed by atoms with Gasteiger partial charge in [0.15, 0.2) is 0 Å². The van der Waals surface area contributed by atoms with E-state index in [1.54, 1.807) is 0 Å². The van der Waals surface area contributed by atoms with Crippen LogP contribution in [0.5, 0.6) is 0 Å². The zero-order chi connectivity index (χ0) is 15.7. The normalized spacial score (nSPS) is 32.5. The highest BCUT2D eigenvalue weighted by molar-refractivity contribution is 5.88. The molecule has 1 saturated carbocycles. The summed E-state index contributed by atoms with van der Waals surface area (Å²) in [5, 5.41) is 0. The molecule has 1 heterocycles. The number of rotatable bonds is 5. The lowest BCUT2D eigenvalue weighted by Gasteiger charge is -2.58. The van der Waals surface area contributed by atoms with E-state index >= 15 is 0 Å². The topological polar surface area (TPSA) is 64.8 Å². The number of likely N-dealkylation sites (N-methyl/N-ethyl adjacent to an activating group) is 1. The van der Waals surface area contributed by atoms with Crippen molar-refractivity contribution in [1.82, 2.24) is 4.90 Å². The molecule has 0 spiro atoms. The monoisotopic (exact) mass is 298 g/mol. The maximum Gasteiger partial charge on any atom is 0.243 e. The van der Waals surface area contributed by atoms with Crippen molar-refractivity contribution < 1.29 is 14.3 Å². The molecule has 1 aliphatic heterocycles. The predicted octanol–water partition coefficient (Wildman–Crippen LogP) is 1.40. The summed E-state index contributed by atoms with van der Waals surface area (Å²) in [6.45, 7) is 9.10. The molecule has 5 heteroatoms. The molecule has 2 fully saturated rings. The van der Waals surface area contributed by atoms with Crippen LogP contribution in [0.3, 0.4) is 0 Å². The van der Waals surface area contributed by atoms with Gasteiger partial charge in [0.05, 0.1) is 6.10 Å². The van der Waals surface area contributed by atoms with Crippen LogP contribution >= 0.6 is 0 Å². The van der Waals surface area contributed by atoms with Crippen molar-refractivity contribution in [3.05, 3.63) is 0 Å². The van der Waals surface area contributed by atoms with Crippen molar-refractivity contribution in [2.24, 2.45) is 17.1 Å². The summed E-state index contributed by atoms with van der Waals surface area (Å²) in [7, 11) is 1.87. The minimum Gasteiger partial charge on any atom is -0.381 e. The van der Waals surface area contributed by atoms with Gasteiger partial charge < -0.3 is 20.1 Å². The van der Waals surface area contributed by atoms with E-state index in [2.05, 4.69) is 0 Å². The van der Waals surface area contributed by atoms with Gasteiger partial charge in [0.25, 0.3) is 0 Å². The summed E-state index contributed by atoms with van der Waals surface area (Å²) in [4.78, 5) is 14.6. The molecular formula is C16H30N2O3. The Morgan fingerprint density at radius 1 is 1.38 bits per heavy atom. The number of amides is 1. The number of hydrogen-bond donors (Lipinski definition) is 1. The molecule has 2 atom stereocenters. The lowest BCUT2D eigenvalue weighted by Crippen LogP contribution is -2.75. The number of carbonyl (C=O) groups is 1. The van der Waals surface area contributed by atoms with Crippen LogP contribution in [0, 0.1) is 11.3 Å². The average Bonchev–Trinajstić information content (AvgIpc) is 2.47. The van der Waals surface area contributed by atoms with Crippen molar-refractivity contribution in [3.63, 3.8) is 0 Å². The number of hydrogen-bond acceptors (Lipinski definition) is 4. The second kappa shape index (κ2) is 6.23. The van der Waals surface area contributed by atoms with Crippen LogP contribution in [0.1, 0.15) is 40.0 Å². The van der Waals surface area contributed by atoms with Gasteiger partial charge >= 0.3 is 0 Å². The Labute approximate surface area is 128 Å². The van der Waals surface area contributed by atoms with Crippen LogP contribution in [0.4, 0.5) is 0 Å². The van der Waals surface area contributed by atoms with Crippen molar-refractivity contribution in [1.29, 1.82) is 0 Å². The maximum atomic E-state index is 12.8. The molecule has 0 bridgehead atoms. The third-order valence-corrected chi connectivity index (χ3v) is 5.43. The van der Waals surface area contributed by atoms with E-state index in [1.807, 2.05) is 32.7 Å². The molecule has 0 aromatic heterocycles. The van der Waals surface area contributed by atoms with Gasteiger partial charge in [0.1, 0.15) is 5.54 Å². The Morgan fingerprint density at radius 2 is 2.00 bits per heavy atom. The molecule has 1 saturated heterocycles. The summed E-state index contributed by atoms with van der Waals surface area (Å²) < 4.78 is 11.1. The fraction of sp³-hybridized carbons (Fsp3) is 0.938. The molecule has 2 aliphatic rings.